The fourth-order valence-electron chi connectivity index (χ4n) is 3.02. The normalized spacial score (nSPS) is 11.0. The summed E-state index contributed by atoms with van der Waals surface area (Å²) in [5.41, 5.74) is 0.698. The maximum atomic E-state index is 13.3. The number of amides is 1. The van der Waals surface area contributed by atoms with Gasteiger partial charge >= 0.3 is 0 Å². The van der Waals surface area contributed by atoms with Gasteiger partial charge in [-0.2, -0.15) is 0 Å². The predicted molar refractivity (Wildman–Crippen MR) is 110 cm³/mol. The average Bonchev–Trinajstić information content (AvgIpc) is 3.12. The number of pyridine rings is 1. The van der Waals surface area contributed by atoms with Crippen LogP contribution in [0.4, 0.5) is 5.82 Å². The van der Waals surface area contributed by atoms with Crippen LogP contribution in [0, 0.1) is 13.8 Å². The van der Waals surface area contributed by atoms with Gasteiger partial charge in [-0.3, -0.25) is 14.5 Å². The Hall–Kier alpha value is -3.38. The molecule has 29 heavy (non-hydrogen) atoms. The minimum Gasteiger partial charge on any atom is -0.464 e. The van der Waals surface area contributed by atoms with Gasteiger partial charge < -0.3 is 8.83 Å². The number of aryl methyl sites for hydroxylation is 2. The number of aromatic nitrogens is 1. The Morgan fingerprint density at radius 1 is 1.10 bits per heavy atom. The highest BCUT2D eigenvalue weighted by molar-refractivity contribution is 6.32. The second kappa shape index (κ2) is 7.56. The summed E-state index contributed by atoms with van der Waals surface area (Å²) in [6.45, 7) is 3.76. The molecule has 0 fully saturated rings. The van der Waals surface area contributed by atoms with Crippen molar-refractivity contribution in [3.05, 3.63) is 92.8 Å². The van der Waals surface area contributed by atoms with E-state index in [9.17, 15) is 9.59 Å². The van der Waals surface area contributed by atoms with E-state index < -0.39 is 5.91 Å². The van der Waals surface area contributed by atoms with Gasteiger partial charge in [0.15, 0.2) is 11.2 Å². The second-order valence-corrected chi connectivity index (χ2v) is 7.07. The number of hydrogen-bond acceptors (Lipinski definition) is 5. The summed E-state index contributed by atoms with van der Waals surface area (Å²) >= 11 is 6.16. The molecule has 146 valence electrons. The van der Waals surface area contributed by atoms with Crippen LogP contribution in [-0.2, 0) is 6.54 Å². The molecule has 1 amide bonds. The fourth-order valence-corrected chi connectivity index (χ4v) is 3.17. The van der Waals surface area contributed by atoms with Crippen molar-refractivity contribution in [3.63, 3.8) is 0 Å². The first-order chi connectivity index (χ1) is 13.9. The first kappa shape index (κ1) is 19.0. The highest BCUT2D eigenvalue weighted by Crippen LogP contribution is 2.24. The van der Waals surface area contributed by atoms with E-state index in [1.165, 1.54) is 11.0 Å². The van der Waals surface area contributed by atoms with E-state index in [0.29, 0.717) is 22.0 Å². The molecule has 0 aliphatic heterocycles. The molecule has 0 radical (unpaired) electrons. The summed E-state index contributed by atoms with van der Waals surface area (Å²) in [7, 11) is 0. The van der Waals surface area contributed by atoms with Crippen molar-refractivity contribution in [2.45, 2.75) is 20.4 Å². The van der Waals surface area contributed by atoms with E-state index >= 15 is 0 Å². The predicted octanol–water partition coefficient (Wildman–Crippen LogP) is 4.90. The van der Waals surface area contributed by atoms with Crippen LogP contribution in [0.1, 0.15) is 27.6 Å². The van der Waals surface area contributed by atoms with Gasteiger partial charge in [-0.1, -0.05) is 17.7 Å². The summed E-state index contributed by atoms with van der Waals surface area (Å²) in [5.74, 6) is 1.13. The van der Waals surface area contributed by atoms with E-state index in [1.54, 1.807) is 49.5 Å². The van der Waals surface area contributed by atoms with Gasteiger partial charge in [-0.25, -0.2) is 4.98 Å². The smallest absolute Gasteiger partial charge is 0.295 e. The van der Waals surface area contributed by atoms with E-state index in [-0.39, 0.29) is 23.3 Å². The number of halogens is 1. The molecule has 0 saturated heterocycles. The number of carbonyl (C=O) groups excluding carboxylic acids is 1. The molecular formula is C22H17ClN2O4. The van der Waals surface area contributed by atoms with Crippen molar-refractivity contribution in [1.82, 2.24) is 4.98 Å². The molecule has 0 aliphatic rings. The quantitative estimate of drug-likeness (QED) is 0.480. The number of furan rings is 1. The lowest BCUT2D eigenvalue weighted by atomic mass is 10.1. The molecule has 0 aliphatic carbocycles. The number of anilines is 1. The number of carbonyl (C=O) groups is 1. The van der Waals surface area contributed by atoms with Crippen LogP contribution in [0.25, 0.3) is 11.0 Å². The van der Waals surface area contributed by atoms with Gasteiger partial charge in [0.25, 0.3) is 5.91 Å². The van der Waals surface area contributed by atoms with E-state index in [1.807, 2.05) is 13.0 Å². The molecular weight excluding hydrogens is 392 g/mol. The maximum absolute atomic E-state index is 13.3. The number of rotatable bonds is 4. The molecule has 3 heterocycles. The molecule has 0 spiro atoms. The third kappa shape index (κ3) is 3.79. The van der Waals surface area contributed by atoms with Gasteiger partial charge in [-0.15, -0.1) is 0 Å². The van der Waals surface area contributed by atoms with Crippen LogP contribution in [0.2, 0.25) is 5.02 Å². The summed E-state index contributed by atoms with van der Waals surface area (Å²) < 4.78 is 11.4. The SMILES string of the molecule is Cc1ccc(CN(C(=O)c2cc(=O)c3cc(C)c(Cl)cc3o2)c2ccccn2)o1. The Bertz CT molecular complexity index is 1260. The van der Waals surface area contributed by atoms with Crippen molar-refractivity contribution >= 4 is 34.3 Å². The van der Waals surface area contributed by atoms with Crippen molar-refractivity contribution in [1.29, 1.82) is 0 Å². The summed E-state index contributed by atoms with van der Waals surface area (Å²) in [6, 6.07) is 13.2. The Labute approximate surface area is 171 Å². The molecule has 4 rings (SSSR count). The highest BCUT2D eigenvalue weighted by Gasteiger charge is 2.24. The van der Waals surface area contributed by atoms with Crippen molar-refractivity contribution in [3.8, 4) is 0 Å². The second-order valence-electron chi connectivity index (χ2n) is 6.66. The zero-order chi connectivity index (χ0) is 20.5. The van der Waals surface area contributed by atoms with Crippen LogP contribution in [0.3, 0.4) is 0 Å². The standard InChI is InChI=1S/C22H17ClN2O4/c1-13-9-16-18(26)11-20(29-19(16)10-17(13)23)22(27)25(21-5-3-4-8-24-21)12-15-7-6-14(2)28-15/h3-11H,12H2,1-2H3. The Morgan fingerprint density at radius 3 is 2.62 bits per heavy atom. The van der Waals surface area contributed by atoms with E-state index in [2.05, 4.69) is 4.98 Å². The van der Waals surface area contributed by atoms with Crippen LogP contribution in [-0.4, -0.2) is 10.9 Å². The van der Waals surface area contributed by atoms with Crippen LogP contribution in [0.15, 0.2) is 68.4 Å². The minimum atomic E-state index is -0.506. The molecule has 0 bridgehead atoms. The molecule has 6 nitrogen and oxygen atoms in total. The average molecular weight is 409 g/mol. The van der Waals surface area contributed by atoms with Crippen LogP contribution >= 0.6 is 11.6 Å². The lowest BCUT2D eigenvalue weighted by molar-refractivity contribution is 0.0956. The zero-order valence-electron chi connectivity index (χ0n) is 15.8. The molecule has 7 heteroatoms. The fraction of sp³-hybridized carbons (Fsp3) is 0.136. The topological polar surface area (TPSA) is 76.6 Å². The molecule has 0 unspecified atom stereocenters. The molecule has 0 saturated carbocycles. The summed E-state index contributed by atoms with van der Waals surface area (Å²) in [4.78, 5) is 31.5. The van der Waals surface area contributed by atoms with E-state index in [4.69, 9.17) is 20.4 Å². The van der Waals surface area contributed by atoms with Gasteiger partial charge in [0.2, 0.25) is 0 Å². The highest BCUT2D eigenvalue weighted by atomic mass is 35.5. The first-order valence-electron chi connectivity index (χ1n) is 8.94. The third-order valence-electron chi connectivity index (χ3n) is 4.50. The molecule has 0 atom stereocenters. The Balaban J connectivity index is 1.79. The largest absolute Gasteiger partial charge is 0.464 e. The lowest BCUT2D eigenvalue weighted by Gasteiger charge is -2.20. The number of nitrogens with zero attached hydrogens (tertiary/aromatic N) is 2. The molecule has 3 aromatic heterocycles. The lowest BCUT2D eigenvalue weighted by Crippen LogP contribution is -2.31. The van der Waals surface area contributed by atoms with E-state index in [0.717, 1.165) is 11.3 Å². The van der Waals surface area contributed by atoms with Gasteiger partial charge in [0.05, 0.1) is 11.9 Å². The van der Waals surface area contributed by atoms with Gasteiger partial charge in [0, 0.05) is 23.4 Å². The number of fused-ring (bicyclic) bond motifs is 1. The molecule has 4 aromatic rings. The van der Waals surface area contributed by atoms with Crippen LogP contribution in [0.5, 0.6) is 0 Å². The minimum absolute atomic E-state index is 0.101. The monoisotopic (exact) mass is 408 g/mol. The Kier molecular flexibility index (Phi) is 4.94. The first-order valence-corrected chi connectivity index (χ1v) is 9.32. The molecule has 0 N–H and O–H groups in total. The number of benzene rings is 1. The van der Waals surface area contributed by atoms with Crippen LogP contribution < -0.4 is 10.3 Å². The Morgan fingerprint density at radius 2 is 1.93 bits per heavy atom. The summed E-state index contributed by atoms with van der Waals surface area (Å²) in [5, 5.41) is 0.826. The van der Waals surface area contributed by atoms with Crippen molar-refractivity contribution in [2.75, 3.05) is 4.90 Å². The maximum Gasteiger partial charge on any atom is 0.295 e. The molecule has 1 aromatic carbocycles. The van der Waals surface area contributed by atoms with Crippen molar-refractivity contribution < 1.29 is 13.6 Å². The third-order valence-corrected chi connectivity index (χ3v) is 4.91. The number of hydrogen-bond donors (Lipinski definition) is 0. The summed E-state index contributed by atoms with van der Waals surface area (Å²) in [6.07, 6.45) is 1.59. The van der Waals surface area contributed by atoms with Crippen molar-refractivity contribution in [2.24, 2.45) is 0 Å². The zero-order valence-corrected chi connectivity index (χ0v) is 16.6. The van der Waals surface area contributed by atoms with Gasteiger partial charge in [0.1, 0.15) is 22.9 Å². The van der Waals surface area contributed by atoms with Gasteiger partial charge in [-0.05, 0) is 49.7 Å².